The minimum absolute atomic E-state index is 0.0517. The molecule has 250 valence electrons. The first-order valence-corrected chi connectivity index (χ1v) is 18.9. The first-order chi connectivity index (χ1) is 20.9. The molecule has 25 heteroatoms. The van der Waals surface area contributed by atoms with Gasteiger partial charge in [0.05, 0.1) is 19.0 Å². The first-order valence-electron chi connectivity index (χ1n) is 12.8. The third-order valence-corrected chi connectivity index (χ3v) is 11.5. The van der Waals surface area contributed by atoms with Crippen LogP contribution in [-0.4, -0.2) is 67.9 Å². The number of rotatable bonds is 15. The first kappa shape index (κ1) is 35.7. The number of H-pyrrole nitrogens is 1. The van der Waals surface area contributed by atoms with E-state index in [0.717, 1.165) is 24.8 Å². The van der Waals surface area contributed by atoms with Gasteiger partial charge in [-0.15, -0.1) is 0 Å². The van der Waals surface area contributed by atoms with Gasteiger partial charge in [0.15, 0.2) is 11.2 Å². The summed E-state index contributed by atoms with van der Waals surface area (Å²) in [4.78, 5) is 69.2. The number of phosphoric acid groups is 4. The largest absolute Gasteiger partial charge is 0.490 e. The van der Waals surface area contributed by atoms with Crippen molar-refractivity contribution in [1.29, 1.82) is 0 Å². The summed E-state index contributed by atoms with van der Waals surface area (Å²) in [5.74, 6) is 0.0848. The summed E-state index contributed by atoms with van der Waals surface area (Å²) in [6.45, 7) is 1.16. The fourth-order valence-corrected chi connectivity index (χ4v) is 8.58. The van der Waals surface area contributed by atoms with Gasteiger partial charge in [-0.1, -0.05) is 25.5 Å². The van der Waals surface area contributed by atoms with Crippen molar-refractivity contribution in [3.63, 3.8) is 0 Å². The SMILES string of the molecule is CCCCc1ccc(Nc2nc3c(ncn3[C@H]3C[C@H](O)[C@@H](COP(=O)(O)OP(=O)(O)OP(=O)(O)OP(=O)(O)O)O3)c(=O)[nH]2)cc1. The second-order valence-electron chi connectivity index (χ2n) is 9.53. The van der Waals surface area contributed by atoms with E-state index >= 15 is 0 Å². The van der Waals surface area contributed by atoms with Gasteiger partial charge in [-0.3, -0.25) is 18.9 Å². The van der Waals surface area contributed by atoms with E-state index in [-0.39, 0.29) is 23.5 Å². The number of aliphatic hydroxyl groups is 1. The van der Waals surface area contributed by atoms with Crippen LogP contribution in [0.25, 0.3) is 11.2 Å². The van der Waals surface area contributed by atoms with Crippen LogP contribution in [0.5, 0.6) is 0 Å². The van der Waals surface area contributed by atoms with Crippen LogP contribution in [0.1, 0.15) is 38.0 Å². The zero-order chi connectivity index (χ0) is 33.2. The van der Waals surface area contributed by atoms with Crippen molar-refractivity contribution in [3.8, 4) is 0 Å². The van der Waals surface area contributed by atoms with E-state index in [1.165, 1.54) is 10.9 Å². The molecule has 0 radical (unpaired) electrons. The number of aryl methyl sites for hydroxylation is 1. The number of phosphoric ester groups is 1. The molecule has 3 aromatic rings. The molecule has 0 bridgehead atoms. The second kappa shape index (κ2) is 13.9. The van der Waals surface area contributed by atoms with E-state index in [9.17, 15) is 37.9 Å². The van der Waals surface area contributed by atoms with Crippen LogP contribution in [0.4, 0.5) is 11.6 Å². The highest BCUT2D eigenvalue weighted by Gasteiger charge is 2.46. The summed E-state index contributed by atoms with van der Waals surface area (Å²) in [5.41, 5.74) is 1.24. The predicted octanol–water partition coefficient (Wildman–Crippen LogP) is 2.31. The fraction of sp³-hybridized carbons (Fsp3) is 0.450. The number of anilines is 2. The minimum atomic E-state index is -6.00. The van der Waals surface area contributed by atoms with E-state index in [2.05, 4.69) is 44.6 Å². The standard InChI is InChI=1S/C20H29N5O16P4/c1-2-3-4-12-5-7-13(8-6-12)22-20-23-18-17(19(27)24-20)21-11-25(18)16-9-14(26)15(38-16)10-37-43(31,32)40-45(35,36)41-44(33,34)39-42(28,29)30/h5-8,11,14-16,26H,2-4,9-10H2,1H3,(H,31,32)(H,33,34)(H,35,36)(H2,28,29,30)(H2,22,23,24,27)/t14-,15+,16+/m0/s1. The van der Waals surface area contributed by atoms with E-state index in [0.29, 0.717) is 5.69 Å². The van der Waals surface area contributed by atoms with Crippen molar-refractivity contribution in [2.24, 2.45) is 0 Å². The summed E-state index contributed by atoms with van der Waals surface area (Å²) in [6.07, 6.45) is 0.386. The molecule has 0 saturated carbocycles. The highest BCUT2D eigenvalue weighted by Crippen LogP contribution is 2.70. The minimum Gasteiger partial charge on any atom is -0.390 e. The Hall–Kier alpha value is -2.15. The van der Waals surface area contributed by atoms with Gasteiger partial charge in [0.2, 0.25) is 5.95 Å². The average molecular weight is 719 g/mol. The Labute approximate surface area is 253 Å². The maximum absolute atomic E-state index is 12.7. The molecule has 1 aliphatic rings. The molecule has 0 aliphatic carbocycles. The van der Waals surface area contributed by atoms with E-state index in [1.54, 1.807) is 0 Å². The van der Waals surface area contributed by atoms with Crippen LogP contribution in [0, 0.1) is 0 Å². The number of hydrogen-bond acceptors (Lipinski definition) is 14. The molecule has 0 spiro atoms. The molecule has 6 atom stereocenters. The number of benzene rings is 1. The molecule has 1 saturated heterocycles. The predicted molar refractivity (Wildman–Crippen MR) is 152 cm³/mol. The molecular formula is C20H29N5O16P4. The quantitative estimate of drug-likeness (QED) is 0.104. The summed E-state index contributed by atoms with van der Waals surface area (Å²) < 4.78 is 68.4. The van der Waals surface area contributed by atoms with Gasteiger partial charge in [0, 0.05) is 12.1 Å². The van der Waals surface area contributed by atoms with E-state index in [1.807, 2.05) is 24.3 Å². The third kappa shape index (κ3) is 10.2. The van der Waals surface area contributed by atoms with Crippen molar-refractivity contribution in [3.05, 3.63) is 46.5 Å². The third-order valence-electron chi connectivity index (χ3n) is 6.01. The molecular weight excluding hydrogens is 690 g/mol. The van der Waals surface area contributed by atoms with Gasteiger partial charge in [0.1, 0.15) is 12.3 Å². The maximum atomic E-state index is 12.7. The lowest BCUT2D eigenvalue weighted by Gasteiger charge is -2.20. The lowest BCUT2D eigenvalue weighted by Crippen LogP contribution is -2.26. The molecule has 8 N–H and O–H groups in total. The van der Waals surface area contributed by atoms with Crippen LogP contribution in [0.15, 0.2) is 35.4 Å². The van der Waals surface area contributed by atoms with Gasteiger partial charge >= 0.3 is 31.3 Å². The zero-order valence-corrected chi connectivity index (χ0v) is 26.6. The Balaban J connectivity index is 1.41. The van der Waals surface area contributed by atoms with Crippen LogP contribution in [0.3, 0.4) is 0 Å². The number of ether oxygens (including phenoxy) is 1. The smallest absolute Gasteiger partial charge is 0.390 e. The van der Waals surface area contributed by atoms with Crippen LogP contribution in [0.2, 0.25) is 0 Å². The van der Waals surface area contributed by atoms with Gasteiger partial charge in [-0.2, -0.15) is 17.9 Å². The van der Waals surface area contributed by atoms with Gasteiger partial charge < -0.3 is 39.6 Å². The lowest BCUT2D eigenvalue weighted by molar-refractivity contribution is -0.0423. The molecule has 1 aliphatic heterocycles. The monoisotopic (exact) mass is 719 g/mol. The number of aromatic nitrogens is 4. The molecule has 2 aromatic heterocycles. The number of aliphatic hydroxyl groups excluding tert-OH is 1. The van der Waals surface area contributed by atoms with E-state index < -0.39 is 61.9 Å². The average Bonchev–Trinajstić information content (AvgIpc) is 3.47. The van der Waals surface area contributed by atoms with Crippen LogP contribution >= 0.6 is 31.3 Å². The normalized spacial score (nSPS) is 23.0. The summed E-state index contributed by atoms with van der Waals surface area (Å²) in [6, 6.07) is 7.56. The van der Waals surface area contributed by atoms with Gasteiger partial charge in [-0.05, 0) is 30.5 Å². The number of unbranched alkanes of at least 4 members (excludes halogenated alkanes) is 1. The van der Waals surface area contributed by atoms with Crippen molar-refractivity contribution >= 4 is 54.1 Å². The molecule has 1 fully saturated rings. The highest BCUT2D eigenvalue weighted by molar-refractivity contribution is 7.69. The highest BCUT2D eigenvalue weighted by atomic mass is 31.3. The molecule has 3 heterocycles. The second-order valence-corrected chi connectivity index (χ2v) is 15.5. The number of nitrogens with zero attached hydrogens (tertiary/aromatic N) is 3. The zero-order valence-electron chi connectivity index (χ0n) is 23.1. The lowest BCUT2D eigenvalue weighted by atomic mass is 10.1. The van der Waals surface area contributed by atoms with Crippen molar-refractivity contribution in [2.45, 2.75) is 51.0 Å². The number of aromatic amines is 1. The van der Waals surface area contributed by atoms with Gasteiger partial charge in [-0.25, -0.2) is 23.2 Å². The molecule has 4 rings (SSSR count). The van der Waals surface area contributed by atoms with Crippen molar-refractivity contribution < 1.29 is 70.0 Å². The van der Waals surface area contributed by atoms with E-state index in [4.69, 9.17) is 19.4 Å². The van der Waals surface area contributed by atoms with Crippen molar-refractivity contribution in [1.82, 2.24) is 19.5 Å². The van der Waals surface area contributed by atoms with Gasteiger partial charge in [0.25, 0.3) is 5.56 Å². The van der Waals surface area contributed by atoms with Crippen LogP contribution < -0.4 is 10.9 Å². The molecule has 21 nitrogen and oxygen atoms in total. The molecule has 0 amide bonds. The number of fused-ring (bicyclic) bond motifs is 1. The Morgan fingerprint density at radius 3 is 2.31 bits per heavy atom. The Bertz CT molecular complexity index is 1760. The Morgan fingerprint density at radius 2 is 1.67 bits per heavy atom. The maximum Gasteiger partial charge on any atom is 0.490 e. The Kier molecular flexibility index (Phi) is 11.0. The summed E-state index contributed by atoms with van der Waals surface area (Å²) in [7, 11) is -23.3. The number of imidazole rings is 1. The van der Waals surface area contributed by atoms with Crippen molar-refractivity contribution in [2.75, 3.05) is 11.9 Å². The van der Waals surface area contributed by atoms with Crippen LogP contribution in [-0.2, 0) is 46.9 Å². The molecule has 3 unspecified atom stereocenters. The molecule has 1 aromatic carbocycles. The summed E-state index contributed by atoms with van der Waals surface area (Å²) in [5, 5.41) is 13.5. The Morgan fingerprint density at radius 1 is 1.02 bits per heavy atom. The topological polar surface area (TPSA) is 311 Å². The number of nitrogens with one attached hydrogen (secondary N) is 2. The summed E-state index contributed by atoms with van der Waals surface area (Å²) >= 11 is 0. The molecule has 45 heavy (non-hydrogen) atoms. The fourth-order valence-electron chi connectivity index (χ4n) is 4.12. The number of hydrogen-bond donors (Lipinski definition) is 8.